The van der Waals surface area contributed by atoms with E-state index in [4.69, 9.17) is 4.74 Å². The highest BCUT2D eigenvalue weighted by Crippen LogP contribution is 2.21. The van der Waals surface area contributed by atoms with Crippen LogP contribution in [-0.2, 0) is 4.79 Å². The Labute approximate surface area is 126 Å². The lowest BCUT2D eigenvalue weighted by atomic mass is 10.1. The Morgan fingerprint density at radius 1 is 1.33 bits per heavy atom. The van der Waals surface area contributed by atoms with Crippen molar-refractivity contribution >= 4 is 5.91 Å². The Balaban J connectivity index is 1.86. The molecule has 0 heterocycles. The number of amides is 1. The summed E-state index contributed by atoms with van der Waals surface area (Å²) in [6.07, 6.45) is 4.27. The second-order valence-electron chi connectivity index (χ2n) is 5.74. The monoisotopic (exact) mass is 291 g/mol. The third-order valence-corrected chi connectivity index (χ3v) is 4.04. The number of aliphatic hydroxyl groups excluding tert-OH is 1. The van der Waals surface area contributed by atoms with Gasteiger partial charge in [0, 0.05) is 6.04 Å². The van der Waals surface area contributed by atoms with Crippen molar-refractivity contribution in [2.75, 3.05) is 0 Å². The number of benzene rings is 1. The Bertz CT molecular complexity index is 452. The molecule has 0 spiro atoms. The molecule has 0 bridgehead atoms. The normalized spacial score (nSPS) is 18.2. The largest absolute Gasteiger partial charge is 0.481 e. The molecule has 1 aromatic rings. The van der Waals surface area contributed by atoms with Crippen LogP contribution in [0.2, 0.25) is 0 Å². The number of rotatable bonds is 6. The fourth-order valence-electron chi connectivity index (χ4n) is 2.65. The zero-order valence-electron chi connectivity index (χ0n) is 12.8. The second kappa shape index (κ2) is 7.46. The summed E-state index contributed by atoms with van der Waals surface area (Å²) in [5, 5.41) is 12.8. The SMILES string of the molecule is CCC(O)c1ccc(OC(C)C(=O)NC2CCCC2)cc1. The van der Waals surface area contributed by atoms with Gasteiger partial charge in [0.1, 0.15) is 5.75 Å². The maximum Gasteiger partial charge on any atom is 0.260 e. The lowest BCUT2D eigenvalue weighted by Gasteiger charge is -2.18. The maximum atomic E-state index is 12.0. The van der Waals surface area contributed by atoms with Gasteiger partial charge in [-0.15, -0.1) is 0 Å². The zero-order valence-corrected chi connectivity index (χ0v) is 12.8. The van der Waals surface area contributed by atoms with Crippen LogP contribution in [0.4, 0.5) is 0 Å². The van der Waals surface area contributed by atoms with Crippen molar-refractivity contribution in [3.8, 4) is 5.75 Å². The number of nitrogens with one attached hydrogen (secondary N) is 1. The molecule has 0 radical (unpaired) electrons. The van der Waals surface area contributed by atoms with Gasteiger partial charge in [0.05, 0.1) is 6.10 Å². The van der Waals surface area contributed by atoms with Crippen LogP contribution in [0.3, 0.4) is 0 Å². The van der Waals surface area contributed by atoms with Gasteiger partial charge >= 0.3 is 0 Å². The van der Waals surface area contributed by atoms with Gasteiger partial charge < -0.3 is 15.2 Å². The van der Waals surface area contributed by atoms with E-state index in [0.29, 0.717) is 18.2 Å². The molecular weight excluding hydrogens is 266 g/mol. The van der Waals surface area contributed by atoms with Crippen LogP contribution in [0.15, 0.2) is 24.3 Å². The number of hydrogen-bond donors (Lipinski definition) is 2. The van der Waals surface area contributed by atoms with Gasteiger partial charge in [-0.25, -0.2) is 0 Å². The van der Waals surface area contributed by atoms with Crippen LogP contribution in [-0.4, -0.2) is 23.2 Å². The number of ether oxygens (including phenoxy) is 1. The topological polar surface area (TPSA) is 58.6 Å². The molecule has 0 aliphatic heterocycles. The fourth-order valence-corrected chi connectivity index (χ4v) is 2.65. The predicted molar refractivity (Wildman–Crippen MR) is 82.2 cm³/mol. The van der Waals surface area contributed by atoms with Crippen molar-refractivity contribution in [2.45, 2.75) is 64.2 Å². The van der Waals surface area contributed by atoms with E-state index in [2.05, 4.69) is 5.32 Å². The first kappa shape index (κ1) is 15.8. The summed E-state index contributed by atoms with van der Waals surface area (Å²) in [5.74, 6) is 0.593. The number of carbonyl (C=O) groups excluding carboxylic acids is 1. The molecule has 1 aromatic carbocycles. The van der Waals surface area contributed by atoms with E-state index in [-0.39, 0.29) is 5.91 Å². The summed E-state index contributed by atoms with van der Waals surface area (Å²) < 4.78 is 5.66. The van der Waals surface area contributed by atoms with Crippen LogP contribution in [0, 0.1) is 0 Å². The van der Waals surface area contributed by atoms with Crippen molar-refractivity contribution in [1.29, 1.82) is 0 Å². The Kier molecular flexibility index (Phi) is 5.62. The smallest absolute Gasteiger partial charge is 0.260 e. The van der Waals surface area contributed by atoms with Gasteiger partial charge in [0.15, 0.2) is 6.10 Å². The molecule has 1 fully saturated rings. The third-order valence-electron chi connectivity index (χ3n) is 4.04. The van der Waals surface area contributed by atoms with Crippen molar-refractivity contribution in [1.82, 2.24) is 5.32 Å². The highest BCUT2D eigenvalue weighted by Gasteiger charge is 2.21. The Morgan fingerprint density at radius 3 is 2.52 bits per heavy atom. The van der Waals surface area contributed by atoms with E-state index < -0.39 is 12.2 Å². The minimum Gasteiger partial charge on any atom is -0.481 e. The molecule has 21 heavy (non-hydrogen) atoms. The first-order valence-electron chi connectivity index (χ1n) is 7.85. The van der Waals surface area contributed by atoms with Crippen LogP contribution in [0.5, 0.6) is 5.75 Å². The van der Waals surface area contributed by atoms with E-state index in [1.54, 1.807) is 19.1 Å². The summed E-state index contributed by atoms with van der Waals surface area (Å²) in [6.45, 7) is 3.70. The molecule has 2 N–H and O–H groups in total. The molecule has 4 nitrogen and oxygen atoms in total. The molecule has 1 aliphatic carbocycles. The molecule has 0 aromatic heterocycles. The molecule has 1 aliphatic rings. The average molecular weight is 291 g/mol. The summed E-state index contributed by atoms with van der Waals surface area (Å²) in [7, 11) is 0. The predicted octanol–water partition coefficient (Wildman–Crippen LogP) is 2.96. The molecule has 2 atom stereocenters. The minimum absolute atomic E-state index is 0.0560. The maximum absolute atomic E-state index is 12.0. The summed E-state index contributed by atoms with van der Waals surface area (Å²) >= 11 is 0. The molecule has 2 rings (SSSR count). The minimum atomic E-state index is -0.507. The molecule has 116 valence electrons. The lowest BCUT2D eigenvalue weighted by molar-refractivity contribution is -0.127. The molecule has 2 unspecified atom stereocenters. The van der Waals surface area contributed by atoms with Gasteiger partial charge in [0.25, 0.3) is 5.91 Å². The van der Waals surface area contributed by atoms with Crippen LogP contribution in [0.25, 0.3) is 0 Å². The van der Waals surface area contributed by atoms with Gasteiger partial charge in [0.2, 0.25) is 0 Å². The number of carbonyl (C=O) groups is 1. The van der Waals surface area contributed by atoms with Gasteiger partial charge in [-0.3, -0.25) is 4.79 Å². The fraction of sp³-hybridized carbons (Fsp3) is 0.588. The third kappa shape index (κ3) is 4.46. The molecule has 0 saturated heterocycles. The van der Waals surface area contributed by atoms with E-state index in [1.807, 2.05) is 19.1 Å². The van der Waals surface area contributed by atoms with E-state index in [0.717, 1.165) is 18.4 Å². The van der Waals surface area contributed by atoms with Crippen molar-refractivity contribution < 1.29 is 14.6 Å². The van der Waals surface area contributed by atoms with E-state index in [1.165, 1.54) is 12.8 Å². The quantitative estimate of drug-likeness (QED) is 0.847. The average Bonchev–Trinajstić information content (AvgIpc) is 3.00. The standard InChI is InChI=1S/C17H25NO3/c1-3-16(19)13-8-10-15(11-9-13)21-12(2)17(20)18-14-6-4-5-7-14/h8-12,14,16,19H,3-7H2,1-2H3,(H,18,20). The van der Waals surface area contributed by atoms with Gasteiger partial charge in [-0.05, 0) is 43.9 Å². The number of aliphatic hydroxyl groups is 1. The van der Waals surface area contributed by atoms with Gasteiger partial charge in [-0.2, -0.15) is 0 Å². The molecule has 4 heteroatoms. The van der Waals surface area contributed by atoms with Crippen LogP contribution < -0.4 is 10.1 Å². The van der Waals surface area contributed by atoms with Crippen molar-refractivity contribution in [3.05, 3.63) is 29.8 Å². The molecular formula is C17H25NO3. The Morgan fingerprint density at radius 2 is 1.95 bits per heavy atom. The Hall–Kier alpha value is -1.55. The summed E-state index contributed by atoms with van der Waals surface area (Å²) in [4.78, 5) is 12.0. The molecule has 1 amide bonds. The number of hydrogen-bond acceptors (Lipinski definition) is 3. The van der Waals surface area contributed by atoms with Gasteiger partial charge in [-0.1, -0.05) is 31.9 Å². The van der Waals surface area contributed by atoms with E-state index >= 15 is 0 Å². The zero-order chi connectivity index (χ0) is 15.2. The van der Waals surface area contributed by atoms with Crippen LogP contribution in [0.1, 0.15) is 57.6 Å². The molecule has 1 saturated carbocycles. The first-order valence-corrected chi connectivity index (χ1v) is 7.85. The highest BCUT2D eigenvalue weighted by molar-refractivity contribution is 5.81. The van der Waals surface area contributed by atoms with Crippen molar-refractivity contribution in [2.24, 2.45) is 0 Å². The second-order valence-corrected chi connectivity index (χ2v) is 5.74. The lowest BCUT2D eigenvalue weighted by Crippen LogP contribution is -2.41. The summed E-state index contributed by atoms with van der Waals surface area (Å²) in [5.41, 5.74) is 0.868. The van der Waals surface area contributed by atoms with E-state index in [9.17, 15) is 9.90 Å². The first-order chi connectivity index (χ1) is 10.1. The van der Waals surface area contributed by atoms with Crippen LogP contribution >= 0.6 is 0 Å². The highest BCUT2D eigenvalue weighted by atomic mass is 16.5. The van der Waals surface area contributed by atoms with Crippen molar-refractivity contribution in [3.63, 3.8) is 0 Å². The summed E-state index contributed by atoms with van der Waals surface area (Å²) in [6, 6.07) is 7.59.